The van der Waals surface area contributed by atoms with E-state index in [2.05, 4.69) is 21.2 Å². The third-order valence-corrected chi connectivity index (χ3v) is 8.20. The molecule has 3 aromatic carbocycles. The summed E-state index contributed by atoms with van der Waals surface area (Å²) >= 11 is 3.46. The quantitative estimate of drug-likeness (QED) is 0.268. The number of carbonyl (C=O) groups is 2. The zero-order chi connectivity index (χ0) is 30.2. The first-order chi connectivity index (χ1) is 19.2. The van der Waals surface area contributed by atoms with E-state index in [1.165, 1.54) is 10.6 Å². The second-order valence-corrected chi connectivity index (χ2v) is 14.2. The lowest BCUT2D eigenvalue weighted by molar-refractivity contribution is -0.142. The molecule has 0 aliphatic carbocycles. The molecule has 0 aliphatic rings. The molecule has 0 radical (unpaired) electrons. The summed E-state index contributed by atoms with van der Waals surface area (Å²) in [5.41, 5.74) is 2.86. The SMILES string of the molecule is Cc1cccc(N(CCCC(=O)N(Cc2ccc(Br)cc2)[C@H](Cc2ccccc2)C(=O)NC(C)(C)C)S(C)(=O)=O)c1. The van der Waals surface area contributed by atoms with Crippen molar-refractivity contribution in [3.63, 3.8) is 0 Å². The minimum Gasteiger partial charge on any atom is -0.350 e. The zero-order valence-corrected chi connectivity index (χ0v) is 26.8. The van der Waals surface area contributed by atoms with Crippen LogP contribution in [0.4, 0.5) is 5.69 Å². The predicted molar refractivity (Wildman–Crippen MR) is 169 cm³/mol. The molecule has 0 aliphatic heterocycles. The van der Waals surface area contributed by atoms with Crippen molar-refractivity contribution in [2.24, 2.45) is 0 Å². The van der Waals surface area contributed by atoms with Gasteiger partial charge in [-0.25, -0.2) is 8.42 Å². The fourth-order valence-electron chi connectivity index (χ4n) is 4.58. The summed E-state index contributed by atoms with van der Waals surface area (Å²) in [6, 6.07) is 23.9. The highest BCUT2D eigenvalue weighted by molar-refractivity contribution is 9.10. The molecule has 0 fully saturated rings. The Morgan fingerprint density at radius 3 is 2.17 bits per heavy atom. The highest BCUT2D eigenvalue weighted by atomic mass is 79.9. The summed E-state index contributed by atoms with van der Waals surface area (Å²) in [7, 11) is -3.56. The van der Waals surface area contributed by atoms with Crippen LogP contribution in [0.1, 0.15) is 50.3 Å². The molecule has 7 nitrogen and oxygen atoms in total. The van der Waals surface area contributed by atoms with Gasteiger partial charge in [-0.05, 0) is 75.1 Å². The van der Waals surface area contributed by atoms with E-state index in [1.807, 2.05) is 100 Å². The predicted octanol–water partition coefficient (Wildman–Crippen LogP) is 5.86. The minimum absolute atomic E-state index is 0.0858. The van der Waals surface area contributed by atoms with Crippen molar-refractivity contribution in [3.8, 4) is 0 Å². The van der Waals surface area contributed by atoms with E-state index in [-0.39, 0.29) is 31.3 Å². The Labute approximate surface area is 253 Å². The lowest BCUT2D eigenvalue weighted by Crippen LogP contribution is -2.54. The number of halogens is 1. The summed E-state index contributed by atoms with van der Waals surface area (Å²) in [6.45, 7) is 8.04. The first kappa shape index (κ1) is 32.3. The molecule has 1 N–H and O–H groups in total. The van der Waals surface area contributed by atoms with Gasteiger partial charge in [0, 0.05) is 35.9 Å². The van der Waals surface area contributed by atoms with Gasteiger partial charge in [-0.2, -0.15) is 0 Å². The van der Waals surface area contributed by atoms with Crippen molar-refractivity contribution in [2.75, 3.05) is 17.1 Å². The normalized spacial score (nSPS) is 12.4. The lowest BCUT2D eigenvalue weighted by Gasteiger charge is -2.34. The molecule has 0 bridgehead atoms. The highest BCUT2D eigenvalue weighted by Crippen LogP contribution is 2.22. The van der Waals surface area contributed by atoms with Crippen LogP contribution in [0.25, 0.3) is 0 Å². The van der Waals surface area contributed by atoms with Crippen LogP contribution in [0, 0.1) is 6.92 Å². The number of rotatable bonds is 12. The van der Waals surface area contributed by atoms with Gasteiger partial charge in [0.25, 0.3) is 0 Å². The maximum Gasteiger partial charge on any atom is 0.243 e. The van der Waals surface area contributed by atoms with Crippen molar-refractivity contribution in [2.45, 2.75) is 65.1 Å². The van der Waals surface area contributed by atoms with E-state index in [0.29, 0.717) is 18.5 Å². The van der Waals surface area contributed by atoms with Crippen LogP contribution in [-0.4, -0.2) is 49.5 Å². The summed E-state index contributed by atoms with van der Waals surface area (Å²) in [5.74, 6) is -0.444. The molecule has 0 saturated heterocycles. The number of hydrogen-bond donors (Lipinski definition) is 1. The average molecular weight is 643 g/mol. The van der Waals surface area contributed by atoms with Gasteiger partial charge in [0.05, 0.1) is 11.9 Å². The van der Waals surface area contributed by atoms with Crippen LogP contribution in [0.15, 0.2) is 83.3 Å². The van der Waals surface area contributed by atoms with Crippen LogP contribution < -0.4 is 9.62 Å². The number of nitrogens with zero attached hydrogens (tertiary/aromatic N) is 2. The van der Waals surface area contributed by atoms with E-state index < -0.39 is 21.6 Å². The van der Waals surface area contributed by atoms with Crippen molar-refractivity contribution >= 4 is 43.5 Å². The standard InChI is InChI=1S/C32H40BrN3O4S/c1-24-11-9-14-28(21-24)36(41(5,39)40)20-10-15-30(37)35(23-26-16-18-27(33)19-17-26)29(31(38)34-32(2,3)4)22-25-12-7-6-8-13-25/h6-9,11-14,16-19,21,29H,10,15,20,22-23H2,1-5H3,(H,34,38)/t29-/m1/s1. The molecule has 0 aromatic heterocycles. The molecule has 0 saturated carbocycles. The summed E-state index contributed by atoms with van der Waals surface area (Å²) in [4.78, 5) is 29.2. The molecule has 220 valence electrons. The Morgan fingerprint density at radius 2 is 1.59 bits per heavy atom. The summed E-state index contributed by atoms with van der Waals surface area (Å²) < 4.78 is 27.5. The number of hydrogen-bond acceptors (Lipinski definition) is 4. The van der Waals surface area contributed by atoms with Gasteiger partial charge >= 0.3 is 0 Å². The average Bonchev–Trinajstić information content (AvgIpc) is 2.88. The molecule has 0 unspecified atom stereocenters. The van der Waals surface area contributed by atoms with Crippen LogP contribution in [0.5, 0.6) is 0 Å². The van der Waals surface area contributed by atoms with Gasteiger partial charge in [0.1, 0.15) is 6.04 Å². The van der Waals surface area contributed by atoms with E-state index in [0.717, 1.165) is 21.2 Å². The first-order valence-corrected chi connectivity index (χ1v) is 16.3. The highest BCUT2D eigenvalue weighted by Gasteiger charge is 2.32. The van der Waals surface area contributed by atoms with Crippen LogP contribution in [-0.2, 0) is 32.6 Å². The maximum absolute atomic E-state index is 13.9. The molecule has 41 heavy (non-hydrogen) atoms. The van der Waals surface area contributed by atoms with Gasteiger partial charge in [-0.3, -0.25) is 13.9 Å². The monoisotopic (exact) mass is 641 g/mol. The van der Waals surface area contributed by atoms with E-state index >= 15 is 0 Å². The van der Waals surface area contributed by atoms with Gasteiger partial charge in [-0.1, -0.05) is 70.5 Å². The van der Waals surface area contributed by atoms with Crippen molar-refractivity contribution in [1.29, 1.82) is 0 Å². The van der Waals surface area contributed by atoms with Crippen molar-refractivity contribution in [3.05, 3.63) is 100 Å². The summed E-state index contributed by atoms with van der Waals surface area (Å²) in [5, 5.41) is 3.06. The zero-order valence-electron chi connectivity index (χ0n) is 24.4. The fraction of sp³-hybridized carbons (Fsp3) is 0.375. The van der Waals surface area contributed by atoms with Crippen LogP contribution >= 0.6 is 15.9 Å². The number of benzene rings is 3. The first-order valence-electron chi connectivity index (χ1n) is 13.7. The van der Waals surface area contributed by atoms with Gasteiger partial charge in [0.15, 0.2) is 0 Å². The third-order valence-electron chi connectivity index (χ3n) is 6.48. The number of amides is 2. The molecule has 2 amide bonds. The van der Waals surface area contributed by atoms with Gasteiger partial charge < -0.3 is 10.2 Å². The number of nitrogens with one attached hydrogen (secondary N) is 1. The summed E-state index contributed by atoms with van der Waals surface area (Å²) in [6.07, 6.45) is 1.91. The number of aryl methyl sites for hydroxylation is 1. The van der Waals surface area contributed by atoms with E-state index in [1.54, 1.807) is 11.0 Å². The molecule has 0 spiro atoms. The van der Waals surface area contributed by atoms with E-state index in [9.17, 15) is 18.0 Å². The van der Waals surface area contributed by atoms with Gasteiger partial charge in [0.2, 0.25) is 21.8 Å². The smallest absolute Gasteiger partial charge is 0.243 e. The van der Waals surface area contributed by atoms with E-state index in [4.69, 9.17) is 0 Å². The molecule has 3 rings (SSSR count). The fourth-order valence-corrected chi connectivity index (χ4v) is 5.80. The topological polar surface area (TPSA) is 86.8 Å². The Balaban J connectivity index is 1.90. The lowest BCUT2D eigenvalue weighted by atomic mass is 10.00. The molecular formula is C32H40BrN3O4S. The second kappa shape index (κ2) is 14.1. The minimum atomic E-state index is -3.56. The Bertz CT molecular complexity index is 1420. The van der Waals surface area contributed by atoms with Crippen LogP contribution in [0.2, 0.25) is 0 Å². The second-order valence-electron chi connectivity index (χ2n) is 11.4. The number of sulfonamides is 1. The third kappa shape index (κ3) is 10.3. The molecule has 0 heterocycles. The molecule has 9 heteroatoms. The number of anilines is 1. The Morgan fingerprint density at radius 1 is 0.927 bits per heavy atom. The van der Waals surface area contributed by atoms with Gasteiger partial charge in [-0.15, -0.1) is 0 Å². The molecule has 3 aromatic rings. The van der Waals surface area contributed by atoms with Crippen LogP contribution in [0.3, 0.4) is 0 Å². The van der Waals surface area contributed by atoms with Crippen molar-refractivity contribution < 1.29 is 18.0 Å². The van der Waals surface area contributed by atoms with Crippen molar-refractivity contribution in [1.82, 2.24) is 10.2 Å². The molecule has 1 atom stereocenters. The molecular weight excluding hydrogens is 602 g/mol. The maximum atomic E-state index is 13.9. The number of carbonyl (C=O) groups excluding carboxylic acids is 2. The Hall–Kier alpha value is -3.17. The largest absolute Gasteiger partial charge is 0.350 e. The Kier molecular flexibility index (Phi) is 11.2.